The highest BCUT2D eigenvalue weighted by molar-refractivity contribution is 6.35. The van der Waals surface area contributed by atoms with Crippen LogP contribution in [0.1, 0.15) is 52.0 Å². The fourth-order valence-corrected chi connectivity index (χ4v) is 4.47. The van der Waals surface area contributed by atoms with E-state index in [1.807, 2.05) is 12.1 Å². The van der Waals surface area contributed by atoms with Gasteiger partial charge in [-0.25, -0.2) is 0 Å². The summed E-state index contributed by atoms with van der Waals surface area (Å²) in [4.78, 5) is 2.54. The van der Waals surface area contributed by atoms with Crippen LogP contribution in [0.3, 0.4) is 0 Å². The maximum absolute atomic E-state index is 6.46. The lowest BCUT2D eigenvalue weighted by atomic mass is 9.78. The van der Waals surface area contributed by atoms with E-state index in [1.54, 1.807) is 6.07 Å². The number of hydrogen-bond acceptors (Lipinski definition) is 3. The first-order valence-electron chi connectivity index (χ1n) is 9.77. The average molecular weight is 400 g/mol. The predicted octanol–water partition coefficient (Wildman–Crippen LogP) is 5.57. The number of benzene rings is 1. The fraction of sp³-hybridized carbons (Fsp3) is 0.714. The Morgan fingerprint density at radius 3 is 2.50 bits per heavy atom. The minimum atomic E-state index is -0.619. The van der Waals surface area contributed by atoms with Crippen LogP contribution in [-0.2, 0) is 15.9 Å². The van der Waals surface area contributed by atoms with E-state index >= 15 is 0 Å². The SMILES string of the molecule is CC(C)(Cc1ccc(Cl)cc1Cl)C1(C)OCC(CN2CCCCCC2)O1. The largest absolute Gasteiger partial charge is 0.347 e. The summed E-state index contributed by atoms with van der Waals surface area (Å²) in [6.07, 6.45) is 6.21. The second kappa shape index (κ2) is 8.36. The Balaban J connectivity index is 1.63. The lowest BCUT2D eigenvalue weighted by Gasteiger charge is -2.40. The van der Waals surface area contributed by atoms with Crippen molar-refractivity contribution in [2.24, 2.45) is 5.41 Å². The summed E-state index contributed by atoms with van der Waals surface area (Å²) in [7, 11) is 0. The van der Waals surface area contributed by atoms with Gasteiger partial charge >= 0.3 is 0 Å². The van der Waals surface area contributed by atoms with E-state index in [1.165, 1.54) is 38.8 Å². The van der Waals surface area contributed by atoms with Gasteiger partial charge < -0.3 is 14.4 Å². The molecular formula is C21H31Cl2NO2. The van der Waals surface area contributed by atoms with Gasteiger partial charge in [-0.1, -0.05) is 56.0 Å². The second-order valence-electron chi connectivity index (χ2n) is 8.51. The molecule has 2 atom stereocenters. The van der Waals surface area contributed by atoms with Crippen LogP contribution in [0.15, 0.2) is 18.2 Å². The van der Waals surface area contributed by atoms with Crippen molar-refractivity contribution < 1.29 is 9.47 Å². The Bertz CT molecular complexity index is 614. The van der Waals surface area contributed by atoms with E-state index in [9.17, 15) is 0 Å². The molecule has 0 N–H and O–H groups in total. The zero-order valence-corrected chi connectivity index (χ0v) is 17.7. The van der Waals surface area contributed by atoms with Gasteiger partial charge in [0.2, 0.25) is 0 Å². The highest BCUT2D eigenvalue weighted by Crippen LogP contribution is 2.43. The Hall–Kier alpha value is -0.320. The van der Waals surface area contributed by atoms with Crippen LogP contribution in [0, 0.1) is 5.41 Å². The third kappa shape index (κ3) is 4.74. The number of ether oxygens (including phenoxy) is 2. The summed E-state index contributed by atoms with van der Waals surface area (Å²) >= 11 is 12.4. The maximum atomic E-state index is 6.46. The lowest BCUT2D eigenvalue weighted by Crippen LogP contribution is -2.45. The van der Waals surface area contributed by atoms with Crippen LogP contribution in [0.2, 0.25) is 10.0 Å². The van der Waals surface area contributed by atoms with Gasteiger partial charge in [-0.3, -0.25) is 0 Å². The zero-order valence-electron chi connectivity index (χ0n) is 16.2. The summed E-state index contributed by atoms with van der Waals surface area (Å²) in [5, 5.41) is 1.36. The van der Waals surface area contributed by atoms with Gasteiger partial charge in [0, 0.05) is 22.0 Å². The van der Waals surface area contributed by atoms with Gasteiger partial charge in [-0.15, -0.1) is 0 Å². The van der Waals surface area contributed by atoms with E-state index in [-0.39, 0.29) is 11.5 Å². The van der Waals surface area contributed by atoms with E-state index in [0.717, 1.165) is 18.5 Å². The highest BCUT2D eigenvalue weighted by Gasteiger charge is 2.49. The molecule has 0 saturated carbocycles. The number of rotatable bonds is 5. The predicted molar refractivity (Wildman–Crippen MR) is 108 cm³/mol. The molecule has 1 aromatic carbocycles. The van der Waals surface area contributed by atoms with Gasteiger partial charge in [0.1, 0.15) is 0 Å². The highest BCUT2D eigenvalue weighted by atomic mass is 35.5. The number of halogens is 2. The maximum Gasteiger partial charge on any atom is 0.171 e. The standard InChI is InChI=1S/C21H31Cl2NO2/c1-20(2,13-16-8-9-17(22)12-19(16)23)21(3)25-15-18(26-21)14-24-10-6-4-5-7-11-24/h8-9,12,18H,4-7,10-11,13-15H2,1-3H3. The number of nitrogens with zero attached hydrogens (tertiary/aromatic N) is 1. The van der Waals surface area contributed by atoms with Crippen molar-refractivity contribution in [3.8, 4) is 0 Å². The molecule has 2 saturated heterocycles. The Morgan fingerprint density at radius 1 is 1.15 bits per heavy atom. The molecule has 3 nitrogen and oxygen atoms in total. The van der Waals surface area contributed by atoms with Crippen molar-refractivity contribution in [2.45, 2.75) is 64.8 Å². The van der Waals surface area contributed by atoms with Gasteiger partial charge in [0.25, 0.3) is 0 Å². The monoisotopic (exact) mass is 399 g/mol. The van der Waals surface area contributed by atoms with Crippen molar-refractivity contribution >= 4 is 23.2 Å². The molecule has 146 valence electrons. The average Bonchev–Trinajstić information content (AvgIpc) is 2.79. The number of hydrogen-bond donors (Lipinski definition) is 0. The molecular weight excluding hydrogens is 369 g/mol. The summed E-state index contributed by atoms with van der Waals surface area (Å²) < 4.78 is 12.7. The molecule has 2 heterocycles. The first kappa shape index (κ1) is 20.4. The van der Waals surface area contributed by atoms with E-state index in [0.29, 0.717) is 16.7 Å². The summed E-state index contributed by atoms with van der Waals surface area (Å²) in [6.45, 7) is 10.4. The van der Waals surface area contributed by atoms with Gasteiger partial charge in [-0.05, 0) is 57.0 Å². The van der Waals surface area contributed by atoms with Gasteiger partial charge in [-0.2, -0.15) is 0 Å². The normalized spacial score (nSPS) is 28.3. The van der Waals surface area contributed by atoms with Crippen LogP contribution < -0.4 is 0 Å². The molecule has 0 amide bonds. The first-order chi connectivity index (χ1) is 12.3. The minimum absolute atomic E-state index is 0.137. The summed E-state index contributed by atoms with van der Waals surface area (Å²) in [5.74, 6) is -0.619. The Kier molecular flexibility index (Phi) is 6.57. The molecule has 0 radical (unpaired) electrons. The molecule has 0 bridgehead atoms. The molecule has 2 fully saturated rings. The van der Waals surface area contributed by atoms with Crippen LogP contribution in [-0.4, -0.2) is 43.0 Å². The fourth-order valence-electron chi connectivity index (χ4n) is 3.99. The molecule has 26 heavy (non-hydrogen) atoms. The molecule has 0 aromatic heterocycles. The number of likely N-dealkylation sites (tertiary alicyclic amines) is 1. The minimum Gasteiger partial charge on any atom is -0.347 e. The molecule has 2 aliphatic rings. The van der Waals surface area contributed by atoms with Crippen molar-refractivity contribution in [3.05, 3.63) is 33.8 Å². The van der Waals surface area contributed by atoms with Crippen molar-refractivity contribution in [1.82, 2.24) is 4.90 Å². The van der Waals surface area contributed by atoms with Gasteiger partial charge in [0.15, 0.2) is 5.79 Å². The Morgan fingerprint density at radius 2 is 1.85 bits per heavy atom. The summed E-state index contributed by atoms with van der Waals surface area (Å²) in [6, 6.07) is 5.69. The van der Waals surface area contributed by atoms with Gasteiger partial charge in [0.05, 0.1) is 12.7 Å². The third-order valence-corrected chi connectivity index (χ3v) is 6.56. The molecule has 2 unspecified atom stereocenters. The van der Waals surface area contributed by atoms with E-state index in [4.69, 9.17) is 32.7 Å². The van der Waals surface area contributed by atoms with Crippen LogP contribution in [0.5, 0.6) is 0 Å². The van der Waals surface area contributed by atoms with Crippen molar-refractivity contribution in [3.63, 3.8) is 0 Å². The lowest BCUT2D eigenvalue weighted by molar-refractivity contribution is -0.223. The molecule has 1 aromatic rings. The molecule has 5 heteroatoms. The molecule has 3 rings (SSSR count). The quantitative estimate of drug-likeness (QED) is 0.645. The van der Waals surface area contributed by atoms with Crippen molar-refractivity contribution in [2.75, 3.05) is 26.2 Å². The van der Waals surface area contributed by atoms with E-state index < -0.39 is 5.79 Å². The zero-order chi connectivity index (χ0) is 18.8. The molecule has 0 spiro atoms. The van der Waals surface area contributed by atoms with Crippen LogP contribution >= 0.6 is 23.2 Å². The first-order valence-corrected chi connectivity index (χ1v) is 10.5. The van der Waals surface area contributed by atoms with Crippen LogP contribution in [0.25, 0.3) is 0 Å². The summed E-state index contributed by atoms with van der Waals surface area (Å²) in [5.41, 5.74) is 0.864. The topological polar surface area (TPSA) is 21.7 Å². The third-order valence-electron chi connectivity index (χ3n) is 5.97. The van der Waals surface area contributed by atoms with Crippen LogP contribution in [0.4, 0.5) is 0 Å². The van der Waals surface area contributed by atoms with Crippen molar-refractivity contribution in [1.29, 1.82) is 0 Å². The second-order valence-corrected chi connectivity index (χ2v) is 9.35. The van der Waals surface area contributed by atoms with E-state index in [2.05, 4.69) is 25.7 Å². The Labute approximate surface area is 167 Å². The smallest absolute Gasteiger partial charge is 0.171 e. The molecule has 0 aliphatic carbocycles. The molecule has 2 aliphatic heterocycles.